The number of alkyl halides is 3. The van der Waals surface area contributed by atoms with E-state index in [2.05, 4.69) is 34.8 Å². The predicted octanol–water partition coefficient (Wildman–Crippen LogP) is 8.99. The molecule has 0 unspecified atom stereocenters. The lowest BCUT2D eigenvalue weighted by Gasteiger charge is -2.17. The van der Waals surface area contributed by atoms with Crippen LogP contribution in [0.2, 0.25) is 0 Å². The van der Waals surface area contributed by atoms with Gasteiger partial charge >= 0.3 is 6.18 Å². The molecule has 2 aromatic carbocycles. The minimum absolute atomic E-state index is 0.0281. The number of hydrogen-bond donors (Lipinski definition) is 3. The topological polar surface area (TPSA) is 67.3 Å². The first kappa shape index (κ1) is 33.3. The van der Waals surface area contributed by atoms with Gasteiger partial charge in [-0.15, -0.1) is 0 Å². The molecule has 2 aliphatic rings. The van der Waals surface area contributed by atoms with E-state index in [1.54, 1.807) is 44.9 Å². The van der Waals surface area contributed by atoms with Crippen LogP contribution >= 0.6 is 12.9 Å². The quantitative estimate of drug-likeness (QED) is 0.0982. The molecule has 0 amide bonds. The highest BCUT2D eigenvalue weighted by molar-refractivity contribution is 7.74. The first-order valence-electron chi connectivity index (χ1n) is 14.5. The molecule has 2 fully saturated rings. The molecule has 4 aromatic rings. The Kier molecular flexibility index (Phi) is 11.3. The minimum Gasteiger partial charge on any atom is -0.482 e. The van der Waals surface area contributed by atoms with Crippen LogP contribution in [0, 0.1) is 31.5 Å². The lowest BCUT2D eigenvalue weighted by Crippen LogP contribution is -2.20. The molecule has 0 spiro atoms. The molecule has 2 aliphatic carbocycles. The molecular formula is C34H37F4N3O2S. The molecule has 44 heavy (non-hydrogen) atoms. The molecular weight excluding hydrogens is 590 g/mol. The number of aryl methyl sites for hydroxylation is 2. The summed E-state index contributed by atoms with van der Waals surface area (Å²) in [6, 6.07) is 15.0. The highest BCUT2D eigenvalue weighted by atomic mass is 32.1. The highest BCUT2D eigenvalue weighted by Crippen LogP contribution is 2.49. The summed E-state index contributed by atoms with van der Waals surface area (Å²) >= 11 is 2.53. The van der Waals surface area contributed by atoms with Crippen LogP contribution in [0.1, 0.15) is 48.1 Å². The van der Waals surface area contributed by atoms with Crippen molar-refractivity contribution in [2.75, 3.05) is 13.2 Å². The van der Waals surface area contributed by atoms with Crippen molar-refractivity contribution in [2.24, 2.45) is 11.8 Å². The summed E-state index contributed by atoms with van der Waals surface area (Å²) in [6.07, 6.45) is 4.00. The summed E-state index contributed by atoms with van der Waals surface area (Å²) in [5.41, 5.74) is 5.55. The Labute approximate surface area is 261 Å². The van der Waals surface area contributed by atoms with Crippen molar-refractivity contribution >= 4 is 29.5 Å². The highest BCUT2D eigenvalue weighted by Gasteiger charge is 2.37. The van der Waals surface area contributed by atoms with Gasteiger partial charge in [-0.1, -0.05) is 12.6 Å². The monoisotopic (exact) mass is 627 g/mol. The fraction of sp³-hybridized carbons (Fsp3) is 0.353. The average Bonchev–Trinajstić information content (AvgIpc) is 3.91. The second kappa shape index (κ2) is 14.9. The van der Waals surface area contributed by atoms with Crippen LogP contribution in [0.5, 0.6) is 5.75 Å². The maximum atomic E-state index is 13.4. The molecule has 0 bridgehead atoms. The number of pyridine rings is 2. The van der Waals surface area contributed by atoms with Crippen LogP contribution in [-0.4, -0.2) is 33.8 Å². The van der Waals surface area contributed by atoms with Gasteiger partial charge in [0.05, 0.1) is 5.52 Å². The Balaban J connectivity index is 0.000000478. The van der Waals surface area contributed by atoms with Gasteiger partial charge in [0.15, 0.2) is 6.61 Å². The van der Waals surface area contributed by atoms with Gasteiger partial charge in [0.2, 0.25) is 0 Å². The van der Waals surface area contributed by atoms with E-state index in [-0.39, 0.29) is 11.4 Å². The number of rotatable bonds is 9. The third kappa shape index (κ3) is 9.43. The molecule has 2 heterocycles. The zero-order valence-corrected chi connectivity index (χ0v) is 25.7. The van der Waals surface area contributed by atoms with Gasteiger partial charge in [0.25, 0.3) is 0 Å². The molecule has 2 aromatic heterocycles. The van der Waals surface area contributed by atoms with Crippen LogP contribution in [0.25, 0.3) is 27.9 Å². The van der Waals surface area contributed by atoms with Gasteiger partial charge in [-0.05, 0) is 129 Å². The van der Waals surface area contributed by atoms with Crippen molar-refractivity contribution in [3.05, 3.63) is 95.6 Å². The number of halogens is 4. The predicted molar refractivity (Wildman–Crippen MR) is 170 cm³/mol. The van der Waals surface area contributed by atoms with Crippen molar-refractivity contribution in [1.82, 2.24) is 15.3 Å². The van der Waals surface area contributed by atoms with Gasteiger partial charge in [0, 0.05) is 41.5 Å². The Morgan fingerprint density at radius 1 is 1.00 bits per heavy atom. The molecule has 0 saturated heterocycles. The Hall–Kier alpha value is -3.63. The molecule has 2 saturated carbocycles. The first-order valence-corrected chi connectivity index (χ1v) is 14.9. The SMILES string of the molecule is C1CC1C1CC1.C=C(NCCc1cc(C)c(OCC(F)(F)F)c(-c2ccc(F)cc2)n1)c1cc(C)c2ncccc2c1.OS. The van der Waals surface area contributed by atoms with Gasteiger partial charge in [-0.25, -0.2) is 9.37 Å². The smallest absolute Gasteiger partial charge is 0.422 e. The van der Waals surface area contributed by atoms with Crippen molar-refractivity contribution in [1.29, 1.82) is 0 Å². The molecule has 0 radical (unpaired) electrons. The summed E-state index contributed by atoms with van der Waals surface area (Å²) < 4.78 is 63.7. The van der Waals surface area contributed by atoms with E-state index in [1.165, 1.54) is 36.1 Å². The maximum Gasteiger partial charge on any atom is 0.422 e. The van der Waals surface area contributed by atoms with Crippen LogP contribution in [0.4, 0.5) is 17.6 Å². The molecule has 2 N–H and O–H groups in total. The fourth-order valence-corrected chi connectivity index (χ4v) is 5.12. The standard InChI is InChI=1S/C28H25F4N3O.C6H10.H2OS/c1-17-13-22(15-21-5-4-11-34-25(17)21)19(3)33-12-10-24-14-18(2)27(36-16-28(30,31)32)26(35-24)20-6-8-23(29)9-7-20;1-2-5(1)6-3-4-6;1-2/h4-9,11,13-15,33H,3,10,12,16H2,1-2H3;5-6H,1-4H2;1-2H. The van der Waals surface area contributed by atoms with E-state index in [1.807, 2.05) is 31.2 Å². The summed E-state index contributed by atoms with van der Waals surface area (Å²) in [6.45, 7) is 6.87. The van der Waals surface area contributed by atoms with E-state index < -0.39 is 18.6 Å². The molecule has 0 aliphatic heterocycles. The number of thiol groups is 1. The summed E-state index contributed by atoms with van der Waals surface area (Å²) in [4.78, 5) is 8.98. The van der Waals surface area contributed by atoms with Crippen molar-refractivity contribution in [3.63, 3.8) is 0 Å². The number of nitrogens with one attached hydrogen (secondary N) is 1. The summed E-state index contributed by atoms with van der Waals surface area (Å²) in [7, 11) is 0. The minimum atomic E-state index is -4.49. The van der Waals surface area contributed by atoms with Crippen molar-refractivity contribution in [3.8, 4) is 17.0 Å². The number of nitrogens with zero attached hydrogens (tertiary/aromatic N) is 2. The third-order valence-electron chi connectivity index (χ3n) is 7.58. The van der Waals surface area contributed by atoms with Gasteiger partial charge in [-0.2, -0.15) is 13.2 Å². The second-order valence-electron chi connectivity index (χ2n) is 11.2. The fourth-order valence-electron chi connectivity index (χ4n) is 5.12. The van der Waals surface area contributed by atoms with Crippen LogP contribution in [-0.2, 0) is 6.42 Å². The zero-order valence-electron chi connectivity index (χ0n) is 24.8. The largest absolute Gasteiger partial charge is 0.482 e. The molecule has 10 heteroatoms. The first-order chi connectivity index (χ1) is 21.1. The molecule has 5 nitrogen and oxygen atoms in total. The van der Waals surface area contributed by atoms with E-state index in [0.29, 0.717) is 29.8 Å². The molecule has 6 rings (SSSR count). The van der Waals surface area contributed by atoms with Gasteiger partial charge < -0.3 is 14.6 Å². The van der Waals surface area contributed by atoms with Crippen molar-refractivity contribution < 1.29 is 26.9 Å². The maximum absolute atomic E-state index is 13.4. The molecule has 234 valence electrons. The Morgan fingerprint density at radius 2 is 1.66 bits per heavy atom. The Bertz CT molecular complexity index is 1560. The normalized spacial score (nSPS) is 14.2. The lowest BCUT2D eigenvalue weighted by atomic mass is 10.0. The number of ether oxygens (including phenoxy) is 1. The van der Waals surface area contributed by atoms with E-state index >= 15 is 0 Å². The van der Waals surface area contributed by atoms with E-state index in [4.69, 9.17) is 9.29 Å². The van der Waals surface area contributed by atoms with Gasteiger partial charge in [-0.3, -0.25) is 4.98 Å². The van der Waals surface area contributed by atoms with Crippen LogP contribution in [0.3, 0.4) is 0 Å². The number of benzene rings is 2. The second-order valence-corrected chi connectivity index (χ2v) is 11.2. The Morgan fingerprint density at radius 3 is 2.27 bits per heavy atom. The van der Waals surface area contributed by atoms with Gasteiger partial charge in [0.1, 0.15) is 17.3 Å². The summed E-state index contributed by atoms with van der Waals surface area (Å²) in [5.74, 6) is 2.00. The van der Waals surface area contributed by atoms with Crippen LogP contribution in [0.15, 0.2) is 67.4 Å². The van der Waals surface area contributed by atoms with E-state index in [0.717, 1.165) is 27.7 Å². The molecule has 0 atom stereocenters. The number of fused-ring (bicyclic) bond motifs is 1. The van der Waals surface area contributed by atoms with E-state index in [9.17, 15) is 17.6 Å². The number of hydrogen-bond acceptors (Lipinski definition) is 6. The lowest BCUT2D eigenvalue weighted by molar-refractivity contribution is -0.153. The number of aromatic nitrogens is 2. The zero-order chi connectivity index (χ0) is 31.9. The third-order valence-corrected chi connectivity index (χ3v) is 7.58. The summed E-state index contributed by atoms with van der Waals surface area (Å²) in [5, 5.41) is 4.32. The average molecular weight is 628 g/mol. The van der Waals surface area contributed by atoms with Crippen molar-refractivity contribution in [2.45, 2.75) is 52.1 Å². The van der Waals surface area contributed by atoms with Crippen LogP contribution < -0.4 is 10.1 Å².